The van der Waals surface area contributed by atoms with Crippen LogP contribution < -0.4 is 21.3 Å². The fraction of sp³-hybridized carbons (Fsp3) is 0.933. The van der Waals surface area contributed by atoms with Gasteiger partial charge in [0.1, 0.15) is 0 Å². The third-order valence-electron chi connectivity index (χ3n) is 6.74. The molecule has 0 spiro atoms. The van der Waals surface area contributed by atoms with E-state index in [1.807, 2.05) is 0 Å². The van der Waals surface area contributed by atoms with Gasteiger partial charge >= 0.3 is 0 Å². The predicted molar refractivity (Wildman–Crippen MR) is 155 cm³/mol. The molecule has 0 rings (SSSR count). The molecule has 0 aliphatic carbocycles. The summed E-state index contributed by atoms with van der Waals surface area (Å²) in [5.74, 6) is 0.354. The van der Waals surface area contributed by atoms with E-state index in [4.69, 9.17) is 0 Å². The number of unbranched alkanes of at least 4 members (excludes halogenated alkanes) is 16. The van der Waals surface area contributed by atoms with Crippen LogP contribution in [0, 0.1) is 0 Å². The molecule has 0 aromatic carbocycles. The largest absolute Gasteiger partial charge is 0.355 e. The molecule has 0 unspecified atom stereocenters. The van der Waals surface area contributed by atoms with Crippen LogP contribution in [-0.2, 0) is 9.59 Å². The normalized spacial score (nSPS) is 11.1. The van der Waals surface area contributed by atoms with E-state index in [-0.39, 0.29) is 11.8 Å². The van der Waals surface area contributed by atoms with Crippen molar-refractivity contribution in [3.05, 3.63) is 0 Å². The van der Waals surface area contributed by atoms with E-state index in [1.54, 1.807) is 0 Å². The van der Waals surface area contributed by atoms with Crippen LogP contribution in [-0.4, -0.2) is 51.1 Å². The fourth-order valence-electron chi connectivity index (χ4n) is 4.38. The molecule has 0 aliphatic rings. The summed E-state index contributed by atoms with van der Waals surface area (Å²) < 4.78 is 0. The number of nitrogens with one attached hydrogen (secondary N) is 4. The molecule has 0 aromatic rings. The summed E-state index contributed by atoms with van der Waals surface area (Å²) in [6.07, 6.45) is 24.3. The van der Waals surface area contributed by atoms with Gasteiger partial charge in [0, 0.05) is 52.1 Å². The van der Waals surface area contributed by atoms with Gasteiger partial charge in [-0.3, -0.25) is 9.59 Å². The van der Waals surface area contributed by atoms with Gasteiger partial charge in [-0.1, -0.05) is 117 Å². The van der Waals surface area contributed by atoms with Gasteiger partial charge in [-0.15, -0.1) is 0 Å². The van der Waals surface area contributed by atoms with Crippen LogP contribution in [0.5, 0.6) is 0 Å². The monoisotopic (exact) mass is 510 g/mol. The number of rotatable bonds is 29. The molecule has 0 saturated heterocycles. The number of hydrogen-bond donors (Lipinski definition) is 4. The number of carbonyl (C=O) groups excluding carboxylic acids is 2. The summed E-state index contributed by atoms with van der Waals surface area (Å²) in [6, 6.07) is 0. The lowest BCUT2D eigenvalue weighted by Gasteiger charge is -2.09. The molecule has 0 heterocycles. The van der Waals surface area contributed by atoms with Crippen LogP contribution in [0.1, 0.15) is 142 Å². The Morgan fingerprint density at radius 2 is 0.667 bits per heavy atom. The van der Waals surface area contributed by atoms with E-state index in [9.17, 15) is 9.59 Å². The lowest BCUT2D eigenvalue weighted by atomic mass is 10.1. The maximum absolute atomic E-state index is 11.9. The maximum Gasteiger partial charge on any atom is 0.220 e. The first-order chi connectivity index (χ1) is 17.7. The summed E-state index contributed by atoms with van der Waals surface area (Å²) in [7, 11) is 0. The fourth-order valence-corrected chi connectivity index (χ4v) is 4.38. The Labute approximate surface area is 224 Å². The van der Waals surface area contributed by atoms with Crippen molar-refractivity contribution in [1.29, 1.82) is 0 Å². The zero-order chi connectivity index (χ0) is 26.4. The Hall–Kier alpha value is -1.14. The number of carbonyl (C=O) groups is 2. The van der Waals surface area contributed by atoms with Gasteiger partial charge in [0.25, 0.3) is 0 Å². The summed E-state index contributed by atoms with van der Waals surface area (Å²) in [5.41, 5.74) is 0. The minimum atomic E-state index is 0.177. The van der Waals surface area contributed by atoms with Crippen molar-refractivity contribution in [2.45, 2.75) is 142 Å². The molecule has 6 nitrogen and oxygen atoms in total. The van der Waals surface area contributed by atoms with Crippen molar-refractivity contribution < 1.29 is 9.59 Å². The number of hydrogen-bond acceptors (Lipinski definition) is 4. The van der Waals surface area contributed by atoms with Gasteiger partial charge < -0.3 is 21.3 Å². The van der Waals surface area contributed by atoms with Gasteiger partial charge in [-0.2, -0.15) is 0 Å². The van der Waals surface area contributed by atoms with E-state index in [0.29, 0.717) is 25.9 Å². The van der Waals surface area contributed by atoms with Gasteiger partial charge in [-0.05, 0) is 12.8 Å². The molecular weight excluding hydrogens is 448 g/mol. The summed E-state index contributed by atoms with van der Waals surface area (Å²) in [6.45, 7) is 9.19. The minimum absolute atomic E-state index is 0.177. The Morgan fingerprint density at radius 3 is 1.00 bits per heavy atom. The topological polar surface area (TPSA) is 82.3 Å². The second-order valence-electron chi connectivity index (χ2n) is 10.4. The molecule has 4 N–H and O–H groups in total. The standard InChI is InChI=1S/C30H62N4O2/c1-3-5-7-9-11-13-15-17-19-21-29(35)33-27-25-31-23-24-32-26-28-34-30(36)22-20-18-16-14-12-10-8-6-4-2/h31-32H,3-28H2,1-2H3,(H,33,35)(H,34,36). The van der Waals surface area contributed by atoms with Crippen LogP contribution >= 0.6 is 0 Å². The molecule has 0 radical (unpaired) electrons. The molecule has 0 aromatic heterocycles. The second-order valence-corrected chi connectivity index (χ2v) is 10.4. The molecule has 2 amide bonds. The smallest absolute Gasteiger partial charge is 0.220 e. The van der Waals surface area contributed by atoms with Crippen molar-refractivity contribution in [1.82, 2.24) is 21.3 Å². The average molecular weight is 511 g/mol. The quantitative estimate of drug-likeness (QED) is 0.0898. The third kappa shape index (κ3) is 29.1. The maximum atomic E-state index is 11.9. The van der Waals surface area contributed by atoms with Crippen LogP contribution in [0.15, 0.2) is 0 Å². The highest BCUT2D eigenvalue weighted by atomic mass is 16.2. The number of amides is 2. The first-order valence-corrected chi connectivity index (χ1v) is 15.7. The zero-order valence-corrected chi connectivity index (χ0v) is 24.2. The Balaban J connectivity index is 3.24. The predicted octanol–water partition coefficient (Wildman–Crippen LogP) is 6.24. The molecular formula is C30H62N4O2. The summed E-state index contributed by atoms with van der Waals surface area (Å²) in [5, 5.41) is 12.7. The lowest BCUT2D eigenvalue weighted by Crippen LogP contribution is -2.37. The lowest BCUT2D eigenvalue weighted by molar-refractivity contribution is -0.122. The molecule has 0 saturated carbocycles. The molecule has 0 aliphatic heterocycles. The SMILES string of the molecule is CCCCCCCCCCCC(=O)NCCNCCNCCNC(=O)CCCCCCCCCCC. The van der Waals surface area contributed by atoms with E-state index in [0.717, 1.165) is 39.0 Å². The van der Waals surface area contributed by atoms with Crippen molar-refractivity contribution in [3.63, 3.8) is 0 Å². The van der Waals surface area contributed by atoms with Gasteiger partial charge in [0.2, 0.25) is 11.8 Å². The van der Waals surface area contributed by atoms with E-state index in [2.05, 4.69) is 35.1 Å². The molecule has 6 heteroatoms. The molecule has 214 valence electrons. The Morgan fingerprint density at radius 1 is 0.389 bits per heavy atom. The van der Waals surface area contributed by atoms with Crippen molar-refractivity contribution in [2.24, 2.45) is 0 Å². The highest BCUT2D eigenvalue weighted by molar-refractivity contribution is 5.76. The summed E-state index contributed by atoms with van der Waals surface area (Å²) >= 11 is 0. The van der Waals surface area contributed by atoms with E-state index in [1.165, 1.54) is 103 Å². The third-order valence-corrected chi connectivity index (χ3v) is 6.74. The summed E-state index contributed by atoms with van der Waals surface area (Å²) in [4.78, 5) is 23.8. The van der Waals surface area contributed by atoms with Crippen molar-refractivity contribution >= 4 is 11.8 Å². The molecule has 0 bridgehead atoms. The van der Waals surface area contributed by atoms with E-state index < -0.39 is 0 Å². The van der Waals surface area contributed by atoms with E-state index >= 15 is 0 Å². The second kappa shape index (κ2) is 30.1. The molecule has 36 heavy (non-hydrogen) atoms. The highest BCUT2D eigenvalue weighted by Crippen LogP contribution is 2.11. The minimum Gasteiger partial charge on any atom is -0.355 e. The van der Waals surface area contributed by atoms with Crippen LogP contribution in [0.2, 0.25) is 0 Å². The van der Waals surface area contributed by atoms with Gasteiger partial charge in [0.15, 0.2) is 0 Å². The zero-order valence-electron chi connectivity index (χ0n) is 24.2. The van der Waals surface area contributed by atoms with Gasteiger partial charge in [-0.25, -0.2) is 0 Å². The van der Waals surface area contributed by atoms with Crippen LogP contribution in [0.25, 0.3) is 0 Å². The van der Waals surface area contributed by atoms with Crippen LogP contribution in [0.3, 0.4) is 0 Å². The average Bonchev–Trinajstić information content (AvgIpc) is 2.87. The Bertz CT molecular complexity index is 432. The highest BCUT2D eigenvalue weighted by Gasteiger charge is 2.02. The molecule has 0 atom stereocenters. The first-order valence-electron chi connectivity index (χ1n) is 15.7. The van der Waals surface area contributed by atoms with Crippen LogP contribution in [0.4, 0.5) is 0 Å². The van der Waals surface area contributed by atoms with Crippen molar-refractivity contribution in [3.8, 4) is 0 Å². The van der Waals surface area contributed by atoms with Crippen molar-refractivity contribution in [2.75, 3.05) is 39.3 Å². The first kappa shape index (κ1) is 34.9. The van der Waals surface area contributed by atoms with Gasteiger partial charge in [0.05, 0.1) is 0 Å². The Kier molecular flexibility index (Phi) is 29.1. The molecule has 0 fully saturated rings.